The number of hydrogen-bond donors (Lipinski definition) is 0. The lowest BCUT2D eigenvalue weighted by Gasteiger charge is -2.36. The molecule has 4 atom stereocenters. The van der Waals surface area contributed by atoms with Gasteiger partial charge in [-0.25, -0.2) is 4.90 Å². The van der Waals surface area contributed by atoms with Crippen molar-refractivity contribution in [2.75, 3.05) is 9.80 Å². The van der Waals surface area contributed by atoms with Crippen molar-refractivity contribution in [3.8, 4) is 0 Å². The maximum atomic E-state index is 14.0. The van der Waals surface area contributed by atoms with E-state index in [1.165, 1.54) is 18.2 Å². The molecule has 2 amide bonds. The SMILES string of the molecule is O=C(c1cccc([N+](=O)[O-])c1)[C@@H]1[C@@H]2C(=O)N(c3ccc(Cl)c(C(F)(F)F)c3)C(=O)[C@@H]2[C@H]2C=Cc3ccccc3N21. The van der Waals surface area contributed by atoms with Gasteiger partial charge in [-0.05, 0) is 29.8 Å². The highest BCUT2D eigenvalue weighted by Gasteiger charge is 2.64. The molecular formula is C28H17ClF3N3O5. The third-order valence-electron chi connectivity index (χ3n) is 7.54. The quantitative estimate of drug-likeness (QED) is 0.178. The maximum Gasteiger partial charge on any atom is 0.417 e. The van der Waals surface area contributed by atoms with E-state index in [1.54, 1.807) is 41.3 Å². The van der Waals surface area contributed by atoms with Gasteiger partial charge in [0.25, 0.3) is 5.69 Å². The molecule has 40 heavy (non-hydrogen) atoms. The molecule has 0 spiro atoms. The van der Waals surface area contributed by atoms with Crippen molar-refractivity contribution >= 4 is 52.3 Å². The summed E-state index contributed by atoms with van der Waals surface area (Å²) in [5.74, 6) is -4.56. The zero-order chi connectivity index (χ0) is 28.5. The van der Waals surface area contributed by atoms with Crippen molar-refractivity contribution in [2.24, 2.45) is 11.8 Å². The van der Waals surface area contributed by atoms with Gasteiger partial charge in [-0.1, -0.05) is 54.1 Å². The summed E-state index contributed by atoms with van der Waals surface area (Å²) in [5.41, 5.74) is -0.551. The lowest BCUT2D eigenvalue weighted by atomic mass is 9.86. The first-order valence-corrected chi connectivity index (χ1v) is 12.5. The summed E-state index contributed by atoms with van der Waals surface area (Å²) in [6, 6.07) is 12.9. The van der Waals surface area contributed by atoms with Crippen LogP contribution in [0.25, 0.3) is 6.08 Å². The number of alkyl halides is 3. The van der Waals surface area contributed by atoms with Crippen molar-refractivity contribution in [1.29, 1.82) is 0 Å². The van der Waals surface area contributed by atoms with Crippen LogP contribution in [0.1, 0.15) is 21.5 Å². The number of nitro benzene ring substituents is 1. The van der Waals surface area contributed by atoms with Crippen molar-refractivity contribution in [1.82, 2.24) is 0 Å². The van der Waals surface area contributed by atoms with Crippen LogP contribution in [-0.4, -0.2) is 34.6 Å². The average Bonchev–Trinajstić information content (AvgIpc) is 3.40. The van der Waals surface area contributed by atoms with Crippen molar-refractivity contribution < 1.29 is 32.5 Å². The van der Waals surface area contributed by atoms with Gasteiger partial charge in [-0.2, -0.15) is 13.2 Å². The van der Waals surface area contributed by atoms with Crippen LogP contribution in [0.4, 0.5) is 30.2 Å². The molecule has 3 aliphatic heterocycles. The molecule has 12 heteroatoms. The number of imide groups is 1. The molecule has 2 saturated heterocycles. The van der Waals surface area contributed by atoms with E-state index in [-0.39, 0.29) is 16.9 Å². The normalized spacial score (nSPS) is 23.2. The van der Waals surface area contributed by atoms with Gasteiger partial charge in [0.2, 0.25) is 11.8 Å². The number of carbonyl (C=O) groups excluding carboxylic acids is 3. The zero-order valence-corrected chi connectivity index (χ0v) is 21.0. The summed E-state index contributed by atoms with van der Waals surface area (Å²) in [5, 5.41) is 10.8. The lowest BCUT2D eigenvalue weighted by Crippen LogP contribution is -2.48. The Morgan fingerprint density at radius 1 is 0.950 bits per heavy atom. The number of halogens is 4. The number of Topliss-reactive ketones (excluding diaryl/α,β-unsaturated/α-hetero) is 1. The van der Waals surface area contributed by atoms with Crippen LogP contribution < -0.4 is 9.80 Å². The van der Waals surface area contributed by atoms with Crippen molar-refractivity contribution in [3.05, 3.63) is 105 Å². The van der Waals surface area contributed by atoms with Gasteiger partial charge in [0.15, 0.2) is 5.78 Å². The van der Waals surface area contributed by atoms with Crippen molar-refractivity contribution in [2.45, 2.75) is 18.3 Å². The summed E-state index contributed by atoms with van der Waals surface area (Å²) in [6.45, 7) is 0. The fraction of sp³-hybridized carbons (Fsp3) is 0.179. The van der Waals surface area contributed by atoms with Crippen LogP contribution >= 0.6 is 11.6 Å². The van der Waals surface area contributed by atoms with Gasteiger partial charge in [-0.3, -0.25) is 24.5 Å². The Morgan fingerprint density at radius 2 is 1.68 bits per heavy atom. The predicted octanol–water partition coefficient (Wildman–Crippen LogP) is 5.54. The molecule has 2 fully saturated rings. The first-order chi connectivity index (χ1) is 19.0. The maximum absolute atomic E-state index is 14.0. The minimum atomic E-state index is -4.83. The lowest BCUT2D eigenvalue weighted by molar-refractivity contribution is -0.384. The van der Waals surface area contributed by atoms with Crippen LogP contribution in [0, 0.1) is 22.0 Å². The number of benzene rings is 3. The molecule has 3 aliphatic rings. The van der Waals surface area contributed by atoms with Crippen LogP contribution in [0.3, 0.4) is 0 Å². The summed E-state index contributed by atoms with van der Waals surface area (Å²) < 4.78 is 40.7. The summed E-state index contributed by atoms with van der Waals surface area (Å²) in [4.78, 5) is 54.8. The minimum absolute atomic E-state index is 0.0322. The topological polar surface area (TPSA) is 101 Å². The molecule has 3 aromatic rings. The molecule has 202 valence electrons. The molecule has 0 unspecified atom stereocenters. The second kappa shape index (κ2) is 9.02. The third-order valence-corrected chi connectivity index (χ3v) is 7.87. The van der Waals surface area contributed by atoms with Crippen LogP contribution in [-0.2, 0) is 15.8 Å². The van der Waals surface area contributed by atoms with Gasteiger partial charge in [0.05, 0.1) is 39.1 Å². The van der Waals surface area contributed by atoms with Crippen LogP contribution in [0.5, 0.6) is 0 Å². The number of carbonyl (C=O) groups is 3. The van der Waals surface area contributed by atoms with Gasteiger partial charge >= 0.3 is 6.18 Å². The standard InChI is InChI=1S/C28H17ClF3N3O5/c29-19-10-9-16(13-18(19)28(30,31)32)33-26(37)22-21-11-8-14-4-1-2-7-20(14)34(21)24(23(22)27(33)38)25(36)15-5-3-6-17(12-15)35(39)40/h1-13,21-24H/t21-,22-,23-,24+/m1/s1. The summed E-state index contributed by atoms with van der Waals surface area (Å²) in [6.07, 6.45) is -1.38. The minimum Gasteiger partial charge on any atom is -0.352 e. The molecular weight excluding hydrogens is 551 g/mol. The molecule has 3 aromatic carbocycles. The fourth-order valence-electron chi connectivity index (χ4n) is 5.88. The average molecular weight is 568 g/mol. The number of amides is 2. The van der Waals surface area contributed by atoms with Crippen molar-refractivity contribution in [3.63, 3.8) is 0 Å². The zero-order valence-electron chi connectivity index (χ0n) is 20.2. The number of ketones is 1. The van der Waals surface area contributed by atoms with E-state index < -0.39 is 63.2 Å². The Morgan fingerprint density at radius 3 is 2.40 bits per heavy atom. The number of para-hydroxylation sites is 1. The van der Waals surface area contributed by atoms with Gasteiger partial charge in [0, 0.05) is 23.4 Å². The van der Waals surface area contributed by atoms with E-state index in [1.807, 2.05) is 0 Å². The highest BCUT2D eigenvalue weighted by Crippen LogP contribution is 2.50. The van der Waals surface area contributed by atoms with Gasteiger partial charge < -0.3 is 4.90 Å². The first kappa shape index (κ1) is 25.8. The molecule has 0 N–H and O–H groups in total. The molecule has 3 heterocycles. The largest absolute Gasteiger partial charge is 0.417 e. The smallest absolute Gasteiger partial charge is 0.352 e. The number of non-ortho nitro benzene ring substituents is 1. The number of fused-ring (bicyclic) bond motifs is 5. The van der Waals surface area contributed by atoms with Crippen LogP contribution in [0.2, 0.25) is 5.02 Å². The van der Waals surface area contributed by atoms with E-state index >= 15 is 0 Å². The number of hydrogen-bond acceptors (Lipinski definition) is 6. The van der Waals surface area contributed by atoms with E-state index in [0.717, 1.165) is 23.8 Å². The van der Waals surface area contributed by atoms with Gasteiger partial charge in [0.1, 0.15) is 6.04 Å². The summed E-state index contributed by atoms with van der Waals surface area (Å²) >= 11 is 5.75. The van der Waals surface area contributed by atoms with E-state index in [2.05, 4.69) is 0 Å². The monoisotopic (exact) mass is 567 g/mol. The van der Waals surface area contributed by atoms with E-state index in [9.17, 15) is 37.7 Å². The predicted molar refractivity (Wildman–Crippen MR) is 139 cm³/mol. The molecule has 6 rings (SSSR count). The van der Waals surface area contributed by atoms with E-state index in [0.29, 0.717) is 16.7 Å². The molecule has 0 radical (unpaired) electrons. The Labute approximate surface area is 229 Å². The molecule has 0 bridgehead atoms. The Hall–Kier alpha value is -4.51. The highest BCUT2D eigenvalue weighted by molar-refractivity contribution is 6.32. The number of anilines is 2. The third kappa shape index (κ3) is 3.80. The number of nitro groups is 1. The van der Waals surface area contributed by atoms with Gasteiger partial charge in [-0.15, -0.1) is 0 Å². The Kier molecular flexibility index (Phi) is 5.81. The Balaban J connectivity index is 1.49. The number of nitrogens with zero attached hydrogens (tertiary/aromatic N) is 3. The fourth-order valence-corrected chi connectivity index (χ4v) is 6.11. The first-order valence-electron chi connectivity index (χ1n) is 12.1. The van der Waals surface area contributed by atoms with E-state index in [4.69, 9.17) is 11.6 Å². The molecule has 0 aliphatic carbocycles. The second-order valence-corrected chi connectivity index (χ2v) is 10.1. The molecule has 0 saturated carbocycles. The highest BCUT2D eigenvalue weighted by atomic mass is 35.5. The molecule has 8 nitrogen and oxygen atoms in total. The number of rotatable bonds is 4. The Bertz CT molecular complexity index is 1660. The van der Waals surface area contributed by atoms with Crippen LogP contribution in [0.15, 0.2) is 72.8 Å². The summed E-state index contributed by atoms with van der Waals surface area (Å²) in [7, 11) is 0. The second-order valence-electron chi connectivity index (χ2n) is 9.66. The molecule has 0 aromatic heterocycles.